The number of aromatic nitrogens is 2. The number of aliphatic hydroxyl groups excluding tert-OH is 1. The minimum Gasteiger partial charge on any atom is -0.391 e. The predicted molar refractivity (Wildman–Crippen MR) is 96.1 cm³/mol. The van der Waals surface area contributed by atoms with E-state index in [1.54, 1.807) is 6.20 Å². The second kappa shape index (κ2) is 8.78. The topological polar surface area (TPSA) is 64.8 Å². The summed E-state index contributed by atoms with van der Waals surface area (Å²) in [6, 6.07) is 2.09. The summed E-state index contributed by atoms with van der Waals surface area (Å²) in [5, 5.41) is 14.7. The lowest BCUT2D eigenvalue weighted by Gasteiger charge is -2.39. The maximum Gasteiger partial charge on any atom is 0.222 e. The molecule has 1 aromatic heterocycles. The Hall–Kier alpha value is -1.44. The molecule has 0 bridgehead atoms. The van der Waals surface area contributed by atoms with E-state index in [-0.39, 0.29) is 18.1 Å². The molecule has 3 heterocycles. The highest BCUT2D eigenvalue weighted by molar-refractivity contribution is 5.76. The van der Waals surface area contributed by atoms with Crippen LogP contribution in [0.25, 0.3) is 0 Å². The Morgan fingerprint density at radius 3 is 2.64 bits per heavy atom. The van der Waals surface area contributed by atoms with Gasteiger partial charge in [0, 0.05) is 70.7 Å². The molecule has 2 saturated heterocycles. The third-order valence-electron chi connectivity index (χ3n) is 5.53. The number of hydrogen-bond acceptors (Lipinski definition) is 5. The summed E-state index contributed by atoms with van der Waals surface area (Å²) < 4.78 is 1.86. The maximum absolute atomic E-state index is 12.5. The smallest absolute Gasteiger partial charge is 0.222 e. The second-order valence-electron chi connectivity index (χ2n) is 7.30. The van der Waals surface area contributed by atoms with Crippen LogP contribution in [0.15, 0.2) is 18.5 Å². The molecule has 0 spiro atoms. The van der Waals surface area contributed by atoms with Crippen LogP contribution in [0.2, 0.25) is 0 Å². The van der Waals surface area contributed by atoms with Gasteiger partial charge in [-0.15, -0.1) is 0 Å². The fourth-order valence-electron chi connectivity index (χ4n) is 3.88. The van der Waals surface area contributed by atoms with Crippen molar-refractivity contribution in [2.24, 2.45) is 0 Å². The Labute approximate surface area is 150 Å². The number of aliphatic hydroxyl groups is 1. The van der Waals surface area contributed by atoms with Gasteiger partial charge in [-0.3, -0.25) is 14.4 Å². The normalized spacial score (nSPS) is 26.6. The monoisotopic (exact) mass is 349 g/mol. The van der Waals surface area contributed by atoms with Gasteiger partial charge in [0.25, 0.3) is 0 Å². The van der Waals surface area contributed by atoms with Gasteiger partial charge in [0.15, 0.2) is 0 Å². The molecule has 1 amide bonds. The number of nitrogens with zero attached hydrogens (tertiary/aromatic N) is 5. The lowest BCUT2D eigenvalue weighted by atomic mass is 10.0. The van der Waals surface area contributed by atoms with Crippen LogP contribution in [0.5, 0.6) is 0 Å². The molecular formula is C18H31N5O2. The molecule has 7 nitrogen and oxygen atoms in total. The third kappa shape index (κ3) is 5.03. The quantitative estimate of drug-likeness (QED) is 0.826. The standard InChI is InChI=1S/C18H31N5O2/c1-20-12-14-21(15-13-20)16-5-10-22(11-6-17(16)24)18(25)4-2-8-23-9-3-7-19-23/h3,7,9,16-17,24H,2,4-6,8,10-15H2,1H3/t16-,17-/m0/s1. The average molecular weight is 349 g/mol. The summed E-state index contributed by atoms with van der Waals surface area (Å²) in [4.78, 5) is 19.2. The number of rotatable bonds is 5. The maximum atomic E-state index is 12.5. The molecular weight excluding hydrogens is 318 g/mol. The van der Waals surface area contributed by atoms with E-state index in [0.29, 0.717) is 19.4 Å². The number of hydrogen-bond donors (Lipinski definition) is 1. The van der Waals surface area contributed by atoms with E-state index in [4.69, 9.17) is 0 Å². The van der Waals surface area contributed by atoms with Crippen LogP contribution in [0.4, 0.5) is 0 Å². The van der Waals surface area contributed by atoms with E-state index < -0.39 is 0 Å². The minimum absolute atomic E-state index is 0.190. The summed E-state index contributed by atoms with van der Waals surface area (Å²) in [6.07, 6.45) is 6.27. The van der Waals surface area contributed by atoms with Gasteiger partial charge in [0.1, 0.15) is 0 Å². The molecule has 2 aliphatic heterocycles. The largest absolute Gasteiger partial charge is 0.391 e. The Morgan fingerprint density at radius 2 is 1.92 bits per heavy atom. The summed E-state index contributed by atoms with van der Waals surface area (Å²) >= 11 is 0. The number of aryl methyl sites for hydroxylation is 1. The predicted octanol–water partition coefficient (Wildman–Crippen LogP) is 0.263. The molecule has 0 aromatic carbocycles. The van der Waals surface area contributed by atoms with E-state index in [9.17, 15) is 9.90 Å². The van der Waals surface area contributed by atoms with Gasteiger partial charge in [0.05, 0.1) is 6.10 Å². The average Bonchev–Trinajstić information content (AvgIpc) is 3.04. The molecule has 3 rings (SSSR count). The highest BCUT2D eigenvalue weighted by Crippen LogP contribution is 2.20. The molecule has 25 heavy (non-hydrogen) atoms. The summed E-state index contributed by atoms with van der Waals surface area (Å²) in [7, 11) is 2.14. The second-order valence-corrected chi connectivity index (χ2v) is 7.30. The first-order chi connectivity index (χ1) is 12.1. The zero-order valence-corrected chi connectivity index (χ0v) is 15.3. The van der Waals surface area contributed by atoms with Crippen LogP contribution in [0.3, 0.4) is 0 Å². The van der Waals surface area contributed by atoms with Crippen LogP contribution in [0.1, 0.15) is 25.7 Å². The van der Waals surface area contributed by atoms with E-state index in [1.165, 1.54) is 0 Å². The molecule has 2 aliphatic rings. The van der Waals surface area contributed by atoms with Gasteiger partial charge in [-0.05, 0) is 32.4 Å². The number of carbonyl (C=O) groups is 1. The first-order valence-electron chi connectivity index (χ1n) is 9.49. The van der Waals surface area contributed by atoms with Gasteiger partial charge < -0.3 is 14.9 Å². The Morgan fingerprint density at radius 1 is 1.16 bits per heavy atom. The highest BCUT2D eigenvalue weighted by Gasteiger charge is 2.32. The van der Waals surface area contributed by atoms with Crippen LogP contribution < -0.4 is 0 Å². The van der Waals surface area contributed by atoms with Crippen molar-refractivity contribution >= 4 is 5.91 Å². The van der Waals surface area contributed by atoms with E-state index >= 15 is 0 Å². The lowest BCUT2D eigenvalue weighted by molar-refractivity contribution is -0.131. The number of piperazine rings is 1. The molecule has 140 valence electrons. The van der Waals surface area contributed by atoms with Gasteiger partial charge >= 0.3 is 0 Å². The van der Waals surface area contributed by atoms with E-state index in [2.05, 4.69) is 21.9 Å². The van der Waals surface area contributed by atoms with Crippen molar-refractivity contribution in [2.45, 2.75) is 44.4 Å². The Bertz CT molecular complexity index is 528. The Kier molecular flexibility index (Phi) is 6.45. The highest BCUT2D eigenvalue weighted by atomic mass is 16.3. The van der Waals surface area contributed by atoms with Crippen molar-refractivity contribution in [1.82, 2.24) is 24.5 Å². The van der Waals surface area contributed by atoms with Gasteiger partial charge in [-0.25, -0.2) is 0 Å². The van der Waals surface area contributed by atoms with Crippen LogP contribution in [-0.4, -0.2) is 94.0 Å². The molecule has 1 N–H and O–H groups in total. The summed E-state index contributed by atoms with van der Waals surface area (Å²) in [5.74, 6) is 0.207. The fraction of sp³-hybridized carbons (Fsp3) is 0.778. The van der Waals surface area contributed by atoms with Crippen molar-refractivity contribution in [3.05, 3.63) is 18.5 Å². The lowest BCUT2D eigenvalue weighted by Crippen LogP contribution is -2.52. The third-order valence-corrected chi connectivity index (χ3v) is 5.53. The Balaban J connectivity index is 1.45. The van der Waals surface area contributed by atoms with Crippen LogP contribution in [-0.2, 0) is 11.3 Å². The zero-order valence-electron chi connectivity index (χ0n) is 15.3. The van der Waals surface area contributed by atoms with Crippen molar-refractivity contribution in [1.29, 1.82) is 0 Å². The van der Waals surface area contributed by atoms with Crippen LogP contribution >= 0.6 is 0 Å². The molecule has 1 aromatic rings. The molecule has 7 heteroatoms. The SMILES string of the molecule is CN1CCN([C@H]2CCN(C(=O)CCCn3cccn3)CC[C@@H]2O)CC1. The molecule has 0 radical (unpaired) electrons. The first kappa shape index (κ1) is 18.4. The van der Waals surface area contributed by atoms with E-state index in [1.807, 2.05) is 21.8 Å². The molecule has 2 atom stereocenters. The fourth-order valence-corrected chi connectivity index (χ4v) is 3.88. The van der Waals surface area contributed by atoms with Crippen molar-refractivity contribution in [3.63, 3.8) is 0 Å². The van der Waals surface area contributed by atoms with Gasteiger partial charge in [-0.2, -0.15) is 5.10 Å². The molecule has 0 aliphatic carbocycles. The van der Waals surface area contributed by atoms with Crippen molar-refractivity contribution < 1.29 is 9.90 Å². The van der Waals surface area contributed by atoms with Crippen LogP contribution in [0, 0.1) is 0 Å². The number of amides is 1. The number of carbonyl (C=O) groups excluding carboxylic acids is 1. The van der Waals surface area contributed by atoms with Crippen molar-refractivity contribution in [3.8, 4) is 0 Å². The first-order valence-corrected chi connectivity index (χ1v) is 9.49. The number of likely N-dealkylation sites (N-methyl/N-ethyl adjacent to an activating group) is 1. The molecule has 0 unspecified atom stereocenters. The van der Waals surface area contributed by atoms with Gasteiger partial charge in [0.2, 0.25) is 5.91 Å². The molecule has 0 saturated carbocycles. The van der Waals surface area contributed by atoms with E-state index in [0.717, 1.165) is 52.1 Å². The summed E-state index contributed by atoms with van der Waals surface area (Å²) in [5.41, 5.74) is 0. The van der Waals surface area contributed by atoms with Gasteiger partial charge in [-0.1, -0.05) is 0 Å². The van der Waals surface area contributed by atoms with Crippen molar-refractivity contribution in [2.75, 3.05) is 46.3 Å². The zero-order chi connectivity index (χ0) is 17.6. The minimum atomic E-state index is -0.328. The number of likely N-dealkylation sites (tertiary alicyclic amines) is 1. The summed E-state index contributed by atoms with van der Waals surface area (Å²) in [6.45, 7) is 6.34. The molecule has 2 fully saturated rings.